The summed E-state index contributed by atoms with van der Waals surface area (Å²) in [6.07, 6.45) is 4.16. The Labute approximate surface area is 212 Å². The molecule has 4 rings (SSSR count). The highest BCUT2D eigenvalue weighted by molar-refractivity contribution is 6.02. The molecule has 0 saturated carbocycles. The molecule has 0 aliphatic rings. The van der Waals surface area contributed by atoms with E-state index in [1.165, 1.54) is 11.1 Å². The molecular weight excluding hydrogens is 450 g/mol. The maximum absolute atomic E-state index is 12.7. The van der Waals surface area contributed by atoms with Crippen LogP contribution in [0.1, 0.15) is 34.7 Å². The van der Waals surface area contributed by atoms with Crippen molar-refractivity contribution in [1.82, 2.24) is 5.32 Å². The largest absolute Gasteiger partial charge is 0.497 e. The van der Waals surface area contributed by atoms with Crippen molar-refractivity contribution in [3.63, 3.8) is 0 Å². The van der Waals surface area contributed by atoms with E-state index in [0.29, 0.717) is 12.3 Å². The second-order valence-electron chi connectivity index (χ2n) is 9.15. The predicted octanol–water partition coefficient (Wildman–Crippen LogP) is 6.80. The Kier molecular flexibility index (Phi) is 7.49. The zero-order valence-electron chi connectivity index (χ0n) is 21.8. The molecule has 3 aromatic carbocycles. The van der Waals surface area contributed by atoms with Crippen molar-refractivity contribution in [2.75, 3.05) is 20.8 Å². The van der Waals surface area contributed by atoms with Gasteiger partial charge in [-0.15, -0.1) is 0 Å². The second-order valence-corrected chi connectivity index (χ2v) is 9.15. The summed E-state index contributed by atoms with van der Waals surface area (Å²) >= 11 is 0. The van der Waals surface area contributed by atoms with E-state index in [4.69, 9.17) is 13.9 Å². The van der Waals surface area contributed by atoms with Crippen LogP contribution in [-0.2, 0) is 11.2 Å². The van der Waals surface area contributed by atoms with Crippen molar-refractivity contribution in [2.24, 2.45) is 0 Å². The number of carbonyl (C=O) groups excluding carboxylic acids is 1. The van der Waals surface area contributed by atoms with Gasteiger partial charge in [-0.2, -0.15) is 0 Å². The van der Waals surface area contributed by atoms with E-state index >= 15 is 0 Å². The Hall–Kier alpha value is -3.99. The molecule has 0 aliphatic heterocycles. The van der Waals surface area contributed by atoms with Gasteiger partial charge < -0.3 is 19.2 Å². The third kappa shape index (κ3) is 5.15. The van der Waals surface area contributed by atoms with Gasteiger partial charge in [0, 0.05) is 34.7 Å². The van der Waals surface area contributed by atoms with E-state index in [0.717, 1.165) is 56.5 Å². The van der Waals surface area contributed by atoms with Crippen LogP contribution >= 0.6 is 0 Å². The lowest BCUT2D eigenvalue weighted by Gasteiger charge is -2.14. The summed E-state index contributed by atoms with van der Waals surface area (Å²) in [6.45, 7) is 8.65. The smallest absolute Gasteiger partial charge is 0.244 e. The van der Waals surface area contributed by atoms with Crippen molar-refractivity contribution >= 4 is 22.4 Å². The van der Waals surface area contributed by atoms with Crippen LogP contribution in [-0.4, -0.2) is 26.7 Å². The minimum Gasteiger partial charge on any atom is -0.497 e. The zero-order chi connectivity index (χ0) is 25.8. The molecule has 36 heavy (non-hydrogen) atoms. The first-order valence-electron chi connectivity index (χ1n) is 12.1. The van der Waals surface area contributed by atoms with Gasteiger partial charge >= 0.3 is 0 Å². The molecule has 1 amide bonds. The summed E-state index contributed by atoms with van der Waals surface area (Å²) < 4.78 is 17.0. The molecule has 0 atom stereocenters. The summed E-state index contributed by atoms with van der Waals surface area (Å²) in [5, 5.41) is 3.99. The molecule has 1 N–H and O–H groups in total. The van der Waals surface area contributed by atoms with E-state index in [-0.39, 0.29) is 5.91 Å². The number of aryl methyl sites for hydroxylation is 3. The highest BCUT2D eigenvalue weighted by atomic mass is 16.5. The van der Waals surface area contributed by atoms with Crippen molar-refractivity contribution in [2.45, 2.75) is 34.1 Å². The number of carbonyl (C=O) groups is 1. The predicted molar refractivity (Wildman–Crippen MR) is 146 cm³/mol. The van der Waals surface area contributed by atoms with Gasteiger partial charge in [0.15, 0.2) is 0 Å². The van der Waals surface area contributed by atoms with E-state index < -0.39 is 0 Å². The zero-order valence-corrected chi connectivity index (χ0v) is 21.8. The second kappa shape index (κ2) is 10.7. The average molecular weight is 484 g/mol. The number of rotatable bonds is 8. The lowest BCUT2D eigenvalue weighted by molar-refractivity contribution is -0.116. The third-order valence-corrected chi connectivity index (χ3v) is 6.54. The molecule has 4 aromatic rings. The Bertz CT molecular complexity index is 1440. The number of hydrogen-bond donors (Lipinski definition) is 1. The average Bonchev–Trinajstić information content (AvgIpc) is 3.28. The number of furan rings is 1. The number of methoxy groups -OCH3 is 2. The monoisotopic (exact) mass is 483 g/mol. The summed E-state index contributed by atoms with van der Waals surface area (Å²) in [6, 6.07) is 16.3. The minimum absolute atomic E-state index is 0.142. The highest BCUT2D eigenvalue weighted by Gasteiger charge is 2.19. The maximum Gasteiger partial charge on any atom is 0.244 e. The molecule has 186 valence electrons. The molecule has 0 radical (unpaired) electrons. The maximum atomic E-state index is 12.7. The van der Waals surface area contributed by atoms with E-state index in [2.05, 4.69) is 43.4 Å². The number of amides is 1. The van der Waals surface area contributed by atoms with Crippen molar-refractivity contribution in [3.05, 3.63) is 88.7 Å². The van der Waals surface area contributed by atoms with Crippen LogP contribution in [0.3, 0.4) is 0 Å². The molecule has 0 unspecified atom stereocenters. The third-order valence-electron chi connectivity index (χ3n) is 6.54. The van der Waals surface area contributed by atoms with Crippen LogP contribution in [0.2, 0.25) is 0 Å². The molecule has 0 spiro atoms. The summed E-state index contributed by atoms with van der Waals surface area (Å²) in [7, 11) is 3.29. The normalized spacial score (nSPS) is 11.6. The number of allylic oxidation sites excluding steroid dienone is 1. The Morgan fingerprint density at radius 2 is 1.81 bits per heavy atom. The van der Waals surface area contributed by atoms with Crippen molar-refractivity contribution < 1.29 is 18.7 Å². The topological polar surface area (TPSA) is 60.7 Å². The van der Waals surface area contributed by atoms with Gasteiger partial charge in [-0.05, 0) is 74.6 Å². The van der Waals surface area contributed by atoms with E-state index in [9.17, 15) is 4.79 Å². The molecular formula is C31H33NO4. The number of nitrogens with one attached hydrogen (secondary N) is 1. The van der Waals surface area contributed by atoms with Gasteiger partial charge in [0.25, 0.3) is 0 Å². The Morgan fingerprint density at radius 3 is 2.53 bits per heavy atom. The van der Waals surface area contributed by atoms with Crippen LogP contribution in [0, 0.1) is 20.8 Å². The fourth-order valence-corrected chi connectivity index (χ4v) is 4.68. The van der Waals surface area contributed by atoms with Crippen LogP contribution in [0.4, 0.5) is 0 Å². The SMILES string of the molecule is COc1cccc(CCNC(=O)/C=C(\C)c2cc3c(-c4ccc(C)cc4C)coc3c(C)c2OC)c1. The number of fused-ring (bicyclic) bond motifs is 1. The van der Waals surface area contributed by atoms with Crippen LogP contribution in [0.15, 0.2) is 65.3 Å². The molecule has 1 heterocycles. The summed E-state index contributed by atoms with van der Waals surface area (Å²) in [4.78, 5) is 12.7. The summed E-state index contributed by atoms with van der Waals surface area (Å²) in [5.74, 6) is 1.38. The van der Waals surface area contributed by atoms with Gasteiger partial charge in [0.05, 0.1) is 20.5 Å². The first kappa shape index (κ1) is 25.1. The van der Waals surface area contributed by atoms with Gasteiger partial charge in [0.2, 0.25) is 5.91 Å². The van der Waals surface area contributed by atoms with E-state index in [1.807, 2.05) is 44.4 Å². The molecule has 5 heteroatoms. The quantitative estimate of drug-likeness (QED) is 0.280. The minimum atomic E-state index is -0.142. The molecule has 0 saturated heterocycles. The fraction of sp³-hybridized carbons (Fsp3) is 0.258. The van der Waals surface area contributed by atoms with Crippen molar-refractivity contribution in [3.8, 4) is 22.6 Å². The first-order chi connectivity index (χ1) is 17.3. The molecule has 0 aliphatic carbocycles. The number of ether oxygens (including phenoxy) is 2. The standard InChI is InChI=1S/C31H33NO4/c1-19-10-11-25(20(2)14-19)28-18-36-31-22(4)30(35-6)26(17-27(28)31)21(3)15-29(33)32-13-12-23-8-7-9-24(16-23)34-5/h7-11,14-18H,12-13H2,1-6H3,(H,32,33)/b21-15+. The molecule has 0 bridgehead atoms. The van der Waals surface area contributed by atoms with Crippen LogP contribution in [0.5, 0.6) is 11.5 Å². The van der Waals surface area contributed by atoms with Gasteiger partial charge in [-0.1, -0.05) is 35.9 Å². The molecule has 1 aromatic heterocycles. The van der Waals surface area contributed by atoms with Gasteiger partial charge in [0.1, 0.15) is 17.1 Å². The van der Waals surface area contributed by atoms with Crippen molar-refractivity contribution in [1.29, 1.82) is 0 Å². The molecule has 0 fully saturated rings. The van der Waals surface area contributed by atoms with E-state index in [1.54, 1.807) is 20.3 Å². The Balaban J connectivity index is 1.61. The Morgan fingerprint density at radius 1 is 1.00 bits per heavy atom. The van der Waals surface area contributed by atoms with Crippen LogP contribution in [0.25, 0.3) is 27.7 Å². The number of benzene rings is 3. The fourth-order valence-electron chi connectivity index (χ4n) is 4.68. The highest BCUT2D eigenvalue weighted by Crippen LogP contribution is 2.41. The number of hydrogen-bond acceptors (Lipinski definition) is 4. The van der Waals surface area contributed by atoms with Crippen LogP contribution < -0.4 is 14.8 Å². The lowest BCUT2D eigenvalue weighted by atomic mass is 9.94. The summed E-state index contributed by atoms with van der Waals surface area (Å²) in [5.41, 5.74) is 9.08. The van der Waals surface area contributed by atoms with Gasteiger partial charge in [-0.25, -0.2) is 0 Å². The first-order valence-corrected chi connectivity index (χ1v) is 12.1. The van der Waals surface area contributed by atoms with Gasteiger partial charge in [-0.3, -0.25) is 4.79 Å². The lowest BCUT2D eigenvalue weighted by Crippen LogP contribution is -2.23. The molecule has 5 nitrogen and oxygen atoms in total.